The van der Waals surface area contributed by atoms with Gasteiger partial charge in [-0.15, -0.1) is 0 Å². The number of nitrogens with two attached hydrogens (primary N) is 1. The van der Waals surface area contributed by atoms with Gasteiger partial charge in [-0.2, -0.15) is 0 Å². The van der Waals surface area contributed by atoms with Crippen molar-refractivity contribution in [1.29, 1.82) is 5.41 Å². The highest BCUT2D eigenvalue weighted by Crippen LogP contribution is 2.25. The van der Waals surface area contributed by atoms with Crippen molar-refractivity contribution in [3.05, 3.63) is 106 Å². The normalized spacial score (nSPS) is 11.6. The Morgan fingerprint density at radius 3 is 2.56 bits per heavy atom. The van der Waals surface area contributed by atoms with Gasteiger partial charge in [-0.3, -0.25) is 19.9 Å². The smallest absolute Gasteiger partial charge is 0.272 e. The van der Waals surface area contributed by atoms with Crippen molar-refractivity contribution in [3.8, 4) is 0 Å². The highest BCUT2D eigenvalue weighted by atomic mass is 32.2. The molecule has 0 radical (unpaired) electrons. The zero-order chi connectivity index (χ0) is 25.4. The molecule has 0 atom stereocenters. The van der Waals surface area contributed by atoms with Crippen LogP contribution < -0.4 is 16.0 Å². The molecule has 0 spiro atoms. The minimum absolute atomic E-state index is 0.0319. The van der Waals surface area contributed by atoms with Crippen LogP contribution in [0.5, 0.6) is 0 Å². The van der Waals surface area contributed by atoms with Crippen molar-refractivity contribution in [1.82, 2.24) is 14.5 Å². The number of nitrogens with one attached hydrogen (secondary N) is 2. The molecule has 36 heavy (non-hydrogen) atoms. The fraction of sp³-hybridized carbons (Fsp3) is 0.0769. The maximum atomic E-state index is 13.2. The van der Waals surface area contributed by atoms with Crippen molar-refractivity contribution >= 4 is 43.5 Å². The summed E-state index contributed by atoms with van der Waals surface area (Å²) in [5, 5.41) is 8.24. The number of nitrogen functional groups attached to an aromatic ring is 1. The minimum Gasteiger partial charge on any atom is -0.384 e. The van der Waals surface area contributed by atoms with E-state index in [0.29, 0.717) is 33.5 Å². The van der Waals surface area contributed by atoms with E-state index in [1.165, 1.54) is 10.6 Å². The molecule has 0 unspecified atom stereocenters. The molecule has 2 aromatic heterocycles. The summed E-state index contributed by atoms with van der Waals surface area (Å²) in [6.07, 6.45) is 1.83. The van der Waals surface area contributed by atoms with Gasteiger partial charge in [-0.1, -0.05) is 42.5 Å². The van der Waals surface area contributed by atoms with E-state index in [1.54, 1.807) is 80.0 Å². The Kier molecular flexibility index (Phi) is 5.73. The molecule has 5 rings (SSSR count). The summed E-state index contributed by atoms with van der Waals surface area (Å²) in [7, 11) is -2.28. The largest absolute Gasteiger partial charge is 0.384 e. The first kappa shape index (κ1) is 23.2. The maximum absolute atomic E-state index is 13.2. The molecule has 180 valence electrons. The second kappa shape index (κ2) is 8.90. The van der Waals surface area contributed by atoms with Crippen molar-refractivity contribution in [3.63, 3.8) is 0 Å². The number of hydrogen-bond donors (Lipinski definition) is 3. The van der Waals surface area contributed by atoms with Crippen LogP contribution in [0.4, 0.5) is 5.69 Å². The molecule has 0 aliphatic heterocycles. The van der Waals surface area contributed by atoms with Crippen molar-refractivity contribution < 1.29 is 8.42 Å². The van der Waals surface area contributed by atoms with Gasteiger partial charge in [0, 0.05) is 30.6 Å². The van der Waals surface area contributed by atoms with Gasteiger partial charge >= 0.3 is 0 Å². The lowest BCUT2D eigenvalue weighted by Crippen LogP contribution is -2.23. The average molecular weight is 499 g/mol. The third-order valence-electron chi connectivity index (χ3n) is 5.92. The monoisotopic (exact) mass is 498 g/mol. The number of para-hydroxylation sites is 1. The lowest BCUT2D eigenvalue weighted by molar-refractivity contribution is 0.602. The molecule has 0 amide bonds. The Balaban J connectivity index is 1.51. The van der Waals surface area contributed by atoms with E-state index in [2.05, 4.69) is 14.7 Å². The number of benzene rings is 3. The average Bonchev–Trinajstić information content (AvgIpc) is 2.86. The molecule has 5 aromatic rings. The highest BCUT2D eigenvalue weighted by Gasteiger charge is 2.19. The van der Waals surface area contributed by atoms with Crippen LogP contribution in [-0.4, -0.2) is 28.8 Å². The highest BCUT2D eigenvalue weighted by molar-refractivity contribution is 7.93. The van der Waals surface area contributed by atoms with Gasteiger partial charge < -0.3 is 10.3 Å². The topological polar surface area (TPSA) is 144 Å². The molecular formula is C26H22N6O3S. The summed E-state index contributed by atoms with van der Waals surface area (Å²) in [6, 6.07) is 20.4. The van der Waals surface area contributed by atoms with Crippen LogP contribution in [-0.2, 0) is 23.5 Å². The SMILES string of the molecule is Cn1c(=O)c(Cc2ccc(C(=N)N)cc2)nc2cc(NS(=O)(=O)c3cccc4cccnc34)ccc21. The number of fused-ring (bicyclic) bond motifs is 2. The van der Waals surface area contributed by atoms with Crippen molar-refractivity contribution in [2.75, 3.05) is 4.72 Å². The summed E-state index contributed by atoms with van der Waals surface area (Å²) in [5.41, 5.74) is 8.77. The van der Waals surface area contributed by atoms with Gasteiger partial charge in [0.05, 0.1) is 22.2 Å². The molecule has 9 nitrogen and oxygen atoms in total. The first-order valence-electron chi connectivity index (χ1n) is 11.0. The standard InChI is InChI=1S/C26H22N6O3S/c1-32-22-12-11-19(31-36(34,35)23-6-2-4-17-5-3-13-29-24(17)23)15-20(22)30-21(26(32)33)14-16-7-9-18(10-8-16)25(27)28/h2-13,15,31H,14H2,1H3,(H3,27,28). The predicted molar refractivity (Wildman–Crippen MR) is 140 cm³/mol. The zero-order valence-corrected chi connectivity index (χ0v) is 20.1. The van der Waals surface area contributed by atoms with Crippen molar-refractivity contribution in [2.24, 2.45) is 12.8 Å². The summed E-state index contributed by atoms with van der Waals surface area (Å²) in [5.74, 6) is -0.0319. The summed E-state index contributed by atoms with van der Waals surface area (Å²) in [4.78, 5) is 21.8. The molecule has 0 aliphatic carbocycles. The predicted octanol–water partition coefficient (Wildman–Crippen LogP) is 3.16. The van der Waals surface area contributed by atoms with E-state index in [1.807, 2.05) is 0 Å². The molecule has 0 fully saturated rings. The number of hydrogen-bond acceptors (Lipinski definition) is 6. The number of anilines is 1. The summed E-state index contributed by atoms with van der Waals surface area (Å²) < 4.78 is 30.5. The van der Waals surface area contributed by atoms with E-state index in [9.17, 15) is 13.2 Å². The summed E-state index contributed by atoms with van der Waals surface area (Å²) >= 11 is 0. The van der Waals surface area contributed by atoms with Crippen LogP contribution in [0.3, 0.4) is 0 Å². The number of aromatic nitrogens is 3. The van der Waals surface area contributed by atoms with Gasteiger partial charge in [0.1, 0.15) is 16.4 Å². The van der Waals surface area contributed by atoms with Crippen LogP contribution in [0.2, 0.25) is 0 Å². The molecule has 0 saturated heterocycles. The number of aryl methyl sites for hydroxylation is 1. The van der Waals surface area contributed by atoms with E-state index >= 15 is 0 Å². The number of rotatable bonds is 6. The first-order chi connectivity index (χ1) is 17.2. The van der Waals surface area contributed by atoms with Crippen LogP contribution in [0.15, 0.2) is 88.7 Å². The number of nitrogens with zero attached hydrogens (tertiary/aromatic N) is 3. The maximum Gasteiger partial charge on any atom is 0.272 e. The Labute approximate surface area is 206 Å². The third-order valence-corrected chi connectivity index (χ3v) is 7.33. The molecule has 4 N–H and O–H groups in total. The fourth-order valence-electron chi connectivity index (χ4n) is 4.07. The Morgan fingerprint density at radius 2 is 1.81 bits per heavy atom. The van der Waals surface area contributed by atoms with Crippen LogP contribution >= 0.6 is 0 Å². The molecular weight excluding hydrogens is 476 g/mol. The van der Waals surface area contributed by atoms with Crippen LogP contribution in [0.1, 0.15) is 16.8 Å². The summed E-state index contributed by atoms with van der Waals surface area (Å²) in [6.45, 7) is 0. The Bertz CT molecular complexity index is 1810. The Morgan fingerprint density at radius 1 is 1.06 bits per heavy atom. The minimum atomic E-state index is -3.93. The second-order valence-corrected chi connectivity index (χ2v) is 10.0. The molecule has 2 heterocycles. The first-order valence-corrected chi connectivity index (χ1v) is 12.5. The lowest BCUT2D eigenvalue weighted by Gasteiger charge is -2.12. The quantitative estimate of drug-likeness (QED) is 0.242. The Hall–Kier alpha value is -4.57. The van der Waals surface area contributed by atoms with Gasteiger partial charge in [0.2, 0.25) is 0 Å². The van der Waals surface area contributed by atoms with E-state index in [4.69, 9.17) is 11.1 Å². The van der Waals surface area contributed by atoms with Crippen LogP contribution in [0.25, 0.3) is 21.9 Å². The van der Waals surface area contributed by atoms with Gasteiger partial charge in [-0.05, 0) is 35.9 Å². The molecule has 3 aromatic carbocycles. The van der Waals surface area contributed by atoms with Gasteiger partial charge in [0.25, 0.3) is 15.6 Å². The molecule has 10 heteroatoms. The van der Waals surface area contributed by atoms with E-state index < -0.39 is 10.0 Å². The third kappa shape index (κ3) is 4.29. The van der Waals surface area contributed by atoms with E-state index in [0.717, 1.165) is 10.9 Å². The number of sulfonamides is 1. The lowest BCUT2D eigenvalue weighted by atomic mass is 10.1. The second-order valence-electron chi connectivity index (χ2n) is 8.35. The van der Waals surface area contributed by atoms with E-state index in [-0.39, 0.29) is 22.7 Å². The number of pyridine rings is 1. The fourth-order valence-corrected chi connectivity index (χ4v) is 5.30. The number of amidine groups is 1. The zero-order valence-electron chi connectivity index (χ0n) is 19.3. The molecule has 0 aliphatic rings. The molecule has 0 bridgehead atoms. The van der Waals surface area contributed by atoms with Gasteiger partial charge in [0.15, 0.2) is 0 Å². The van der Waals surface area contributed by atoms with Crippen LogP contribution in [0, 0.1) is 5.41 Å². The van der Waals surface area contributed by atoms with Crippen molar-refractivity contribution in [2.45, 2.75) is 11.3 Å². The molecule has 0 saturated carbocycles. The van der Waals surface area contributed by atoms with Gasteiger partial charge in [-0.25, -0.2) is 13.4 Å².